The summed E-state index contributed by atoms with van der Waals surface area (Å²) in [6.07, 6.45) is -3.04. The molecule has 0 spiro atoms. The zero-order valence-corrected chi connectivity index (χ0v) is 12.0. The summed E-state index contributed by atoms with van der Waals surface area (Å²) in [5.41, 5.74) is 5.12. The van der Waals surface area contributed by atoms with Crippen LogP contribution in [0.4, 0.5) is 5.95 Å². The SMILES string of the molecule is CC(=O)OC1[C@@H](O)[C@@H](CO)O[C@H]1n1cnc2c(=O)[nH]c(N)nc21. The van der Waals surface area contributed by atoms with E-state index in [1.807, 2.05) is 0 Å². The molecule has 1 fully saturated rings. The van der Waals surface area contributed by atoms with Crippen molar-refractivity contribution in [1.29, 1.82) is 0 Å². The van der Waals surface area contributed by atoms with Gasteiger partial charge >= 0.3 is 5.97 Å². The first-order chi connectivity index (χ1) is 10.9. The van der Waals surface area contributed by atoms with Crippen LogP contribution in [0.5, 0.6) is 0 Å². The molecular formula is C12H15N5O6. The predicted molar refractivity (Wildman–Crippen MR) is 75.1 cm³/mol. The van der Waals surface area contributed by atoms with Crippen molar-refractivity contribution in [2.75, 3.05) is 12.3 Å². The summed E-state index contributed by atoms with van der Waals surface area (Å²) >= 11 is 0. The van der Waals surface area contributed by atoms with E-state index in [2.05, 4.69) is 15.0 Å². The molecule has 11 heteroatoms. The van der Waals surface area contributed by atoms with Crippen molar-refractivity contribution in [2.45, 2.75) is 31.5 Å². The van der Waals surface area contributed by atoms with Crippen LogP contribution in [0, 0.1) is 0 Å². The highest BCUT2D eigenvalue weighted by molar-refractivity contribution is 5.70. The fraction of sp³-hybridized carbons (Fsp3) is 0.500. The van der Waals surface area contributed by atoms with Gasteiger partial charge in [0, 0.05) is 6.92 Å². The molecule has 1 unspecified atom stereocenters. The highest BCUT2D eigenvalue weighted by atomic mass is 16.6. The van der Waals surface area contributed by atoms with Gasteiger partial charge in [-0.05, 0) is 0 Å². The molecule has 1 saturated heterocycles. The molecule has 2 aromatic heterocycles. The topological polar surface area (TPSA) is 166 Å². The first kappa shape index (κ1) is 15.4. The Bertz CT molecular complexity index is 801. The van der Waals surface area contributed by atoms with Crippen LogP contribution < -0.4 is 11.3 Å². The molecular weight excluding hydrogens is 310 g/mol. The van der Waals surface area contributed by atoms with Crippen LogP contribution in [0.2, 0.25) is 0 Å². The van der Waals surface area contributed by atoms with Gasteiger partial charge in [0.1, 0.15) is 12.2 Å². The average molecular weight is 325 g/mol. The van der Waals surface area contributed by atoms with E-state index in [1.54, 1.807) is 0 Å². The molecule has 0 aromatic carbocycles. The number of anilines is 1. The van der Waals surface area contributed by atoms with Crippen molar-refractivity contribution < 1.29 is 24.5 Å². The first-order valence-electron chi connectivity index (χ1n) is 6.76. The number of aliphatic hydroxyl groups is 2. The quantitative estimate of drug-likeness (QED) is 0.462. The Morgan fingerprint density at radius 2 is 2.35 bits per heavy atom. The first-order valence-corrected chi connectivity index (χ1v) is 6.76. The number of hydrogen-bond acceptors (Lipinski definition) is 9. The molecule has 5 N–H and O–H groups in total. The summed E-state index contributed by atoms with van der Waals surface area (Å²) in [5.74, 6) is -0.749. The number of aromatic amines is 1. The van der Waals surface area contributed by atoms with Crippen molar-refractivity contribution in [3.63, 3.8) is 0 Å². The number of aliphatic hydroxyl groups excluding tert-OH is 2. The fourth-order valence-electron chi connectivity index (χ4n) is 2.54. The fourth-order valence-corrected chi connectivity index (χ4v) is 2.54. The Morgan fingerprint density at radius 3 is 3.00 bits per heavy atom. The van der Waals surface area contributed by atoms with Crippen molar-refractivity contribution in [1.82, 2.24) is 19.5 Å². The van der Waals surface area contributed by atoms with Gasteiger partial charge in [-0.3, -0.25) is 19.1 Å². The summed E-state index contributed by atoms with van der Waals surface area (Å²) in [4.78, 5) is 33.3. The lowest BCUT2D eigenvalue weighted by Crippen LogP contribution is -2.36. The van der Waals surface area contributed by atoms with E-state index < -0.39 is 42.7 Å². The minimum atomic E-state index is -1.24. The Morgan fingerprint density at radius 1 is 1.61 bits per heavy atom. The smallest absolute Gasteiger partial charge is 0.303 e. The summed E-state index contributed by atoms with van der Waals surface area (Å²) in [5, 5.41) is 19.4. The van der Waals surface area contributed by atoms with E-state index in [4.69, 9.17) is 15.2 Å². The number of imidazole rings is 1. The summed E-state index contributed by atoms with van der Waals surface area (Å²) in [7, 11) is 0. The molecule has 0 aliphatic carbocycles. The largest absolute Gasteiger partial charge is 0.455 e. The van der Waals surface area contributed by atoms with Crippen LogP contribution in [0.3, 0.4) is 0 Å². The van der Waals surface area contributed by atoms with Crippen LogP contribution in [-0.4, -0.2) is 60.6 Å². The predicted octanol–water partition coefficient (Wildman–Crippen LogP) is -2.12. The maximum atomic E-state index is 11.8. The summed E-state index contributed by atoms with van der Waals surface area (Å²) in [6, 6.07) is 0. The van der Waals surface area contributed by atoms with E-state index in [0.29, 0.717) is 0 Å². The van der Waals surface area contributed by atoms with Gasteiger partial charge in [-0.15, -0.1) is 0 Å². The molecule has 0 bridgehead atoms. The van der Waals surface area contributed by atoms with Crippen molar-refractivity contribution >= 4 is 23.1 Å². The van der Waals surface area contributed by atoms with Gasteiger partial charge in [0.05, 0.1) is 12.9 Å². The highest BCUT2D eigenvalue weighted by Crippen LogP contribution is 2.33. The number of nitrogen functional groups attached to an aromatic ring is 1. The molecule has 0 saturated carbocycles. The monoisotopic (exact) mass is 325 g/mol. The van der Waals surface area contributed by atoms with Crippen LogP contribution in [0.25, 0.3) is 11.2 Å². The molecule has 23 heavy (non-hydrogen) atoms. The normalized spacial score (nSPS) is 27.4. The second-order valence-electron chi connectivity index (χ2n) is 5.09. The van der Waals surface area contributed by atoms with Gasteiger partial charge in [0.2, 0.25) is 5.95 Å². The maximum Gasteiger partial charge on any atom is 0.303 e. The van der Waals surface area contributed by atoms with Crippen LogP contribution in [-0.2, 0) is 14.3 Å². The van der Waals surface area contributed by atoms with E-state index in [9.17, 15) is 19.8 Å². The molecule has 3 rings (SSSR count). The average Bonchev–Trinajstić information content (AvgIpc) is 3.01. The molecule has 0 amide bonds. The molecule has 124 valence electrons. The molecule has 2 aromatic rings. The van der Waals surface area contributed by atoms with Crippen molar-refractivity contribution in [3.8, 4) is 0 Å². The van der Waals surface area contributed by atoms with Gasteiger partial charge in [-0.2, -0.15) is 4.98 Å². The zero-order valence-electron chi connectivity index (χ0n) is 12.0. The number of ether oxygens (including phenoxy) is 2. The van der Waals surface area contributed by atoms with Gasteiger partial charge in [-0.1, -0.05) is 0 Å². The van der Waals surface area contributed by atoms with Gasteiger partial charge < -0.3 is 25.4 Å². The maximum absolute atomic E-state index is 11.8. The number of rotatable bonds is 3. The minimum Gasteiger partial charge on any atom is -0.455 e. The third-order valence-corrected chi connectivity index (χ3v) is 3.52. The number of carbonyl (C=O) groups excluding carboxylic acids is 1. The lowest BCUT2D eigenvalue weighted by molar-refractivity contribution is -0.155. The number of nitrogens with zero attached hydrogens (tertiary/aromatic N) is 3. The zero-order chi connectivity index (χ0) is 16.7. The summed E-state index contributed by atoms with van der Waals surface area (Å²) in [6.45, 7) is 0.710. The number of aromatic nitrogens is 4. The second kappa shape index (κ2) is 5.61. The van der Waals surface area contributed by atoms with E-state index >= 15 is 0 Å². The number of nitrogens with two attached hydrogens (primary N) is 1. The standard InChI is InChI=1S/C12H15N5O6/c1-4(19)22-8-7(20)5(2-18)23-11(8)17-3-14-6-9(17)15-12(13)16-10(6)21/h3,5,7-8,11,18,20H,2H2,1H3,(H3,13,15,16,21)/t5-,7+,8?,11-/m1/s1. The van der Waals surface area contributed by atoms with Crippen molar-refractivity contribution in [3.05, 3.63) is 16.7 Å². The van der Waals surface area contributed by atoms with Crippen molar-refractivity contribution in [2.24, 2.45) is 0 Å². The van der Waals surface area contributed by atoms with E-state index in [1.165, 1.54) is 17.8 Å². The molecule has 1 aliphatic rings. The van der Waals surface area contributed by atoms with E-state index in [-0.39, 0.29) is 17.1 Å². The minimum absolute atomic E-state index is 0.0197. The number of esters is 1. The van der Waals surface area contributed by atoms with Crippen LogP contribution in [0.1, 0.15) is 13.2 Å². The van der Waals surface area contributed by atoms with Gasteiger partial charge in [-0.25, -0.2) is 4.98 Å². The lowest BCUT2D eigenvalue weighted by Gasteiger charge is -2.21. The number of H-pyrrole nitrogens is 1. The third kappa shape index (κ3) is 2.54. The molecule has 3 heterocycles. The number of hydrogen-bond donors (Lipinski definition) is 4. The molecule has 1 aliphatic heterocycles. The molecule has 11 nitrogen and oxygen atoms in total. The lowest BCUT2D eigenvalue weighted by atomic mass is 10.1. The number of fused-ring (bicyclic) bond motifs is 1. The third-order valence-electron chi connectivity index (χ3n) is 3.52. The van der Waals surface area contributed by atoms with Gasteiger partial charge in [0.25, 0.3) is 5.56 Å². The molecule has 4 atom stereocenters. The Balaban J connectivity index is 2.08. The Kier molecular flexibility index (Phi) is 3.75. The Hall–Kier alpha value is -2.50. The molecule has 0 radical (unpaired) electrons. The van der Waals surface area contributed by atoms with Crippen LogP contribution >= 0.6 is 0 Å². The highest BCUT2D eigenvalue weighted by Gasteiger charge is 2.47. The van der Waals surface area contributed by atoms with Crippen LogP contribution in [0.15, 0.2) is 11.1 Å². The summed E-state index contributed by atoms with van der Waals surface area (Å²) < 4.78 is 11.9. The van der Waals surface area contributed by atoms with E-state index in [0.717, 1.165) is 0 Å². The second-order valence-corrected chi connectivity index (χ2v) is 5.09. The number of carbonyl (C=O) groups is 1. The van der Waals surface area contributed by atoms with Gasteiger partial charge in [0.15, 0.2) is 23.5 Å². The Labute approximate surface area is 128 Å². The number of nitrogens with one attached hydrogen (secondary N) is 1.